The van der Waals surface area contributed by atoms with Crippen LogP contribution in [0.2, 0.25) is 0 Å². The van der Waals surface area contributed by atoms with Gasteiger partial charge in [0, 0.05) is 30.6 Å². The lowest BCUT2D eigenvalue weighted by Gasteiger charge is -2.12. The molecule has 0 spiro atoms. The molecule has 0 radical (unpaired) electrons. The molecule has 0 aliphatic heterocycles. The maximum Gasteiger partial charge on any atom is 0.142 e. The second kappa shape index (κ2) is 5.24. The van der Waals surface area contributed by atoms with Gasteiger partial charge in [-0.1, -0.05) is 25.9 Å². The van der Waals surface area contributed by atoms with Crippen molar-refractivity contribution in [3.05, 3.63) is 42.1 Å². The van der Waals surface area contributed by atoms with Crippen LogP contribution in [-0.2, 0) is 11.8 Å². The van der Waals surface area contributed by atoms with E-state index in [-0.39, 0.29) is 5.41 Å². The first-order valence-corrected chi connectivity index (χ1v) is 7.06. The van der Waals surface area contributed by atoms with E-state index in [0.29, 0.717) is 0 Å². The van der Waals surface area contributed by atoms with Crippen LogP contribution in [0, 0.1) is 0 Å². The molecule has 21 heavy (non-hydrogen) atoms. The van der Waals surface area contributed by atoms with Crippen LogP contribution in [0.25, 0.3) is 11.0 Å². The van der Waals surface area contributed by atoms with Crippen LogP contribution in [0.4, 0.5) is 5.82 Å². The summed E-state index contributed by atoms with van der Waals surface area (Å²) in [5, 5.41) is 8.42. The SMILES string of the molecule is CC(C)(C)c1cc(CCNc2nccc3occc23)no1. The summed E-state index contributed by atoms with van der Waals surface area (Å²) in [5.41, 5.74) is 1.78. The topological polar surface area (TPSA) is 64.1 Å². The summed E-state index contributed by atoms with van der Waals surface area (Å²) in [6.45, 7) is 7.07. The molecule has 0 aliphatic rings. The summed E-state index contributed by atoms with van der Waals surface area (Å²) in [5.74, 6) is 1.74. The van der Waals surface area contributed by atoms with Crippen LogP contribution in [0.15, 0.2) is 39.6 Å². The second-order valence-corrected chi connectivity index (χ2v) is 6.10. The first-order chi connectivity index (χ1) is 10.0. The van der Waals surface area contributed by atoms with Crippen molar-refractivity contribution in [2.45, 2.75) is 32.6 Å². The number of hydrogen-bond acceptors (Lipinski definition) is 5. The number of fused-ring (bicyclic) bond motifs is 1. The zero-order valence-electron chi connectivity index (χ0n) is 12.5. The maximum absolute atomic E-state index is 5.38. The van der Waals surface area contributed by atoms with E-state index in [9.17, 15) is 0 Å². The van der Waals surface area contributed by atoms with Gasteiger partial charge in [0.05, 0.1) is 17.3 Å². The van der Waals surface area contributed by atoms with Crippen LogP contribution in [-0.4, -0.2) is 16.7 Å². The van der Waals surface area contributed by atoms with Crippen molar-refractivity contribution in [3.63, 3.8) is 0 Å². The van der Waals surface area contributed by atoms with Gasteiger partial charge < -0.3 is 14.3 Å². The molecule has 0 saturated heterocycles. The van der Waals surface area contributed by atoms with E-state index in [0.717, 1.165) is 41.2 Å². The van der Waals surface area contributed by atoms with Crippen molar-refractivity contribution in [2.24, 2.45) is 0 Å². The minimum Gasteiger partial charge on any atom is -0.464 e. The number of anilines is 1. The Bertz CT molecular complexity index is 737. The third kappa shape index (κ3) is 2.91. The Hall–Kier alpha value is -2.30. The molecule has 0 bridgehead atoms. The molecule has 0 amide bonds. The predicted molar refractivity (Wildman–Crippen MR) is 81.4 cm³/mol. The highest BCUT2D eigenvalue weighted by atomic mass is 16.5. The molecule has 0 unspecified atom stereocenters. The average Bonchev–Trinajstić information content (AvgIpc) is 3.06. The zero-order valence-corrected chi connectivity index (χ0v) is 12.5. The number of hydrogen-bond donors (Lipinski definition) is 1. The predicted octanol–water partition coefficient (Wildman–Crippen LogP) is 3.77. The molecule has 3 heterocycles. The first kappa shape index (κ1) is 13.7. The van der Waals surface area contributed by atoms with Gasteiger partial charge in [0.25, 0.3) is 0 Å². The molecule has 0 atom stereocenters. The minimum atomic E-state index is -0.0113. The lowest BCUT2D eigenvalue weighted by Crippen LogP contribution is -2.09. The monoisotopic (exact) mass is 285 g/mol. The standard InChI is InChI=1S/C16H19N3O2/c1-16(2,3)14-10-11(19-21-14)4-7-17-15-12-6-9-20-13(12)5-8-18-15/h5-6,8-10H,4,7H2,1-3H3,(H,17,18). The van der Waals surface area contributed by atoms with Crippen molar-refractivity contribution >= 4 is 16.8 Å². The zero-order chi connectivity index (χ0) is 14.9. The second-order valence-electron chi connectivity index (χ2n) is 6.10. The molecule has 0 aromatic carbocycles. The summed E-state index contributed by atoms with van der Waals surface area (Å²) < 4.78 is 10.7. The lowest BCUT2D eigenvalue weighted by atomic mass is 9.93. The molecular weight excluding hydrogens is 266 g/mol. The van der Waals surface area contributed by atoms with Crippen LogP contribution in [0.5, 0.6) is 0 Å². The van der Waals surface area contributed by atoms with Gasteiger partial charge in [-0.15, -0.1) is 0 Å². The minimum absolute atomic E-state index is 0.0113. The number of aromatic nitrogens is 2. The molecular formula is C16H19N3O2. The summed E-state index contributed by atoms with van der Waals surface area (Å²) >= 11 is 0. The van der Waals surface area contributed by atoms with Gasteiger partial charge in [-0.05, 0) is 12.1 Å². The van der Waals surface area contributed by atoms with Crippen LogP contribution < -0.4 is 5.32 Å². The molecule has 110 valence electrons. The summed E-state index contributed by atoms with van der Waals surface area (Å²) in [7, 11) is 0. The Morgan fingerprint density at radius 1 is 1.24 bits per heavy atom. The molecule has 5 heteroatoms. The van der Waals surface area contributed by atoms with E-state index < -0.39 is 0 Å². The Morgan fingerprint density at radius 2 is 2.10 bits per heavy atom. The molecule has 0 aliphatic carbocycles. The van der Waals surface area contributed by atoms with Gasteiger partial charge in [-0.3, -0.25) is 0 Å². The third-order valence-electron chi connectivity index (χ3n) is 3.35. The largest absolute Gasteiger partial charge is 0.464 e. The van der Waals surface area contributed by atoms with Gasteiger partial charge in [0.15, 0.2) is 0 Å². The summed E-state index contributed by atoms with van der Waals surface area (Å²) in [6, 6.07) is 5.79. The molecule has 1 N–H and O–H groups in total. The quantitative estimate of drug-likeness (QED) is 0.790. The highest BCUT2D eigenvalue weighted by Crippen LogP contribution is 2.23. The fourth-order valence-corrected chi connectivity index (χ4v) is 2.13. The van der Waals surface area contributed by atoms with E-state index in [1.165, 1.54) is 0 Å². The normalized spacial score (nSPS) is 12.0. The van der Waals surface area contributed by atoms with Gasteiger partial charge in [-0.25, -0.2) is 4.98 Å². The van der Waals surface area contributed by atoms with E-state index in [4.69, 9.17) is 8.94 Å². The smallest absolute Gasteiger partial charge is 0.142 e. The van der Waals surface area contributed by atoms with Crippen LogP contribution in [0.3, 0.4) is 0 Å². The Labute approximate surface area is 123 Å². The number of pyridine rings is 1. The van der Waals surface area contributed by atoms with Crippen LogP contribution in [0.1, 0.15) is 32.2 Å². The summed E-state index contributed by atoms with van der Waals surface area (Å²) in [4.78, 5) is 4.34. The Balaban J connectivity index is 1.64. The Morgan fingerprint density at radius 3 is 2.86 bits per heavy atom. The number of nitrogens with zero attached hydrogens (tertiary/aromatic N) is 2. The lowest BCUT2D eigenvalue weighted by molar-refractivity contribution is 0.326. The average molecular weight is 285 g/mol. The molecule has 0 fully saturated rings. The molecule has 3 aromatic rings. The van der Waals surface area contributed by atoms with E-state index in [2.05, 4.69) is 36.2 Å². The number of nitrogens with one attached hydrogen (secondary N) is 1. The Kier molecular flexibility index (Phi) is 3.41. The number of rotatable bonds is 4. The number of furan rings is 1. The third-order valence-corrected chi connectivity index (χ3v) is 3.35. The van der Waals surface area contributed by atoms with Crippen molar-refractivity contribution in [1.82, 2.24) is 10.1 Å². The van der Waals surface area contributed by atoms with E-state index in [1.807, 2.05) is 18.2 Å². The van der Waals surface area contributed by atoms with Crippen molar-refractivity contribution < 1.29 is 8.94 Å². The van der Waals surface area contributed by atoms with Gasteiger partial charge >= 0.3 is 0 Å². The first-order valence-electron chi connectivity index (χ1n) is 7.06. The fraction of sp³-hybridized carbons (Fsp3) is 0.375. The van der Waals surface area contributed by atoms with Crippen molar-refractivity contribution in [1.29, 1.82) is 0 Å². The van der Waals surface area contributed by atoms with Gasteiger partial charge in [0.1, 0.15) is 17.2 Å². The summed E-state index contributed by atoms with van der Waals surface area (Å²) in [6.07, 6.45) is 4.20. The van der Waals surface area contributed by atoms with Gasteiger partial charge in [0.2, 0.25) is 0 Å². The van der Waals surface area contributed by atoms with Crippen molar-refractivity contribution in [3.8, 4) is 0 Å². The van der Waals surface area contributed by atoms with E-state index >= 15 is 0 Å². The fourth-order valence-electron chi connectivity index (χ4n) is 2.13. The highest BCUT2D eigenvalue weighted by Gasteiger charge is 2.19. The van der Waals surface area contributed by atoms with Gasteiger partial charge in [-0.2, -0.15) is 0 Å². The van der Waals surface area contributed by atoms with Crippen LogP contribution >= 0.6 is 0 Å². The molecule has 0 saturated carbocycles. The molecule has 3 aromatic heterocycles. The van der Waals surface area contributed by atoms with E-state index in [1.54, 1.807) is 12.5 Å². The van der Waals surface area contributed by atoms with Crippen molar-refractivity contribution in [2.75, 3.05) is 11.9 Å². The maximum atomic E-state index is 5.38. The molecule has 3 rings (SSSR count). The molecule has 5 nitrogen and oxygen atoms in total. The highest BCUT2D eigenvalue weighted by molar-refractivity contribution is 5.87.